The number of hydrogen-bond donors (Lipinski definition) is 2. The highest BCUT2D eigenvalue weighted by atomic mass is 32.2. The molecule has 0 fully saturated rings. The summed E-state index contributed by atoms with van der Waals surface area (Å²) in [5.74, 6) is -0.616. The number of nitrogens with zero attached hydrogens (tertiary/aromatic N) is 2. The number of ether oxygens (including phenoxy) is 2. The molecule has 4 rings (SSSR count). The summed E-state index contributed by atoms with van der Waals surface area (Å²) in [6.07, 6.45) is 1.53. The first-order valence-electron chi connectivity index (χ1n) is 15.7. The Labute approximate surface area is 272 Å². The number of rotatable bonds is 8. The quantitative estimate of drug-likeness (QED) is 0.349. The summed E-state index contributed by atoms with van der Waals surface area (Å²) in [4.78, 5) is 29.0. The van der Waals surface area contributed by atoms with E-state index in [0.717, 1.165) is 12.8 Å². The van der Waals surface area contributed by atoms with E-state index in [1.807, 2.05) is 19.9 Å². The minimum Gasteiger partial charge on any atom is -0.490 e. The van der Waals surface area contributed by atoms with Crippen LogP contribution in [0, 0.1) is 5.92 Å². The molecule has 4 atom stereocenters. The third kappa shape index (κ3) is 8.94. The number of amides is 2. The largest absolute Gasteiger partial charge is 0.490 e. The van der Waals surface area contributed by atoms with Gasteiger partial charge in [-0.2, -0.15) is 4.31 Å². The lowest BCUT2D eigenvalue weighted by atomic mass is 10.0. The van der Waals surface area contributed by atoms with E-state index in [0.29, 0.717) is 30.0 Å². The zero-order valence-corrected chi connectivity index (χ0v) is 27.8. The highest BCUT2D eigenvalue weighted by molar-refractivity contribution is 7.89. The van der Waals surface area contributed by atoms with Gasteiger partial charge in [-0.15, -0.1) is 0 Å². The van der Waals surface area contributed by atoms with Crippen molar-refractivity contribution in [3.05, 3.63) is 90.0 Å². The molecule has 2 amide bonds. The van der Waals surface area contributed by atoms with Crippen molar-refractivity contribution in [3.8, 4) is 5.75 Å². The van der Waals surface area contributed by atoms with Crippen LogP contribution in [0.1, 0.15) is 60.7 Å². The first-order valence-corrected chi connectivity index (χ1v) is 17.2. The van der Waals surface area contributed by atoms with Gasteiger partial charge in [0.1, 0.15) is 5.75 Å². The summed E-state index contributed by atoms with van der Waals surface area (Å²) in [7, 11) is -2.24. The maximum Gasteiger partial charge on any atom is 0.258 e. The zero-order chi connectivity index (χ0) is 33.3. The molecule has 11 heteroatoms. The van der Waals surface area contributed by atoms with Crippen LogP contribution in [-0.2, 0) is 14.8 Å². The fourth-order valence-electron chi connectivity index (χ4n) is 5.38. The standard InChI is InChI=1S/C35H45N3O7S/c1-25-22-38(26(2)24-39)35(41)31-21-29(36-34(40)28-14-7-5-8-15-28)18-19-32(31)45-27(3)13-11-12-20-44-33(25)23-37(4)46(42,43)30-16-9-6-10-17-30/h5-10,14-19,21,25-27,33,39H,11-13,20,22-24H2,1-4H3,(H,36,40)/t25-,26+,27+,33+/m0/s1. The number of aliphatic hydroxyl groups excluding tert-OH is 1. The maximum absolute atomic E-state index is 14.3. The first-order chi connectivity index (χ1) is 22.0. The third-order valence-electron chi connectivity index (χ3n) is 8.23. The van der Waals surface area contributed by atoms with Crippen LogP contribution in [0.5, 0.6) is 5.75 Å². The average Bonchev–Trinajstić information content (AvgIpc) is 3.06. The van der Waals surface area contributed by atoms with Crippen LogP contribution in [0.2, 0.25) is 0 Å². The zero-order valence-electron chi connectivity index (χ0n) is 27.0. The summed E-state index contributed by atoms with van der Waals surface area (Å²) in [5, 5.41) is 13.1. The number of anilines is 1. The van der Waals surface area contributed by atoms with E-state index >= 15 is 0 Å². The van der Waals surface area contributed by atoms with Crippen molar-refractivity contribution in [2.75, 3.05) is 38.7 Å². The van der Waals surface area contributed by atoms with E-state index in [1.54, 1.807) is 84.6 Å². The van der Waals surface area contributed by atoms with Crippen molar-refractivity contribution < 1.29 is 32.6 Å². The number of carbonyl (C=O) groups excluding carboxylic acids is 2. The number of sulfonamides is 1. The number of fused-ring (bicyclic) bond motifs is 1. The molecule has 2 N–H and O–H groups in total. The number of likely N-dealkylation sites (N-methyl/N-ethyl adjacent to an activating group) is 1. The Morgan fingerprint density at radius 2 is 1.72 bits per heavy atom. The molecular weight excluding hydrogens is 606 g/mol. The van der Waals surface area contributed by atoms with Gasteiger partial charge in [0.15, 0.2) is 0 Å². The highest BCUT2D eigenvalue weighted by Crippen LogP contribution is 2.29. The Morgan fingerprint density at radius 3 is 2.39 bits per heavy atom. The minimum absolute atomic E-state index is 0.0830. The summed E-state index contributed by atoms with van der Waals surface area (Å²) in [6.45, 7) is 6.00. The van der Waals surface area contributed by atoms with Gasteiger partial charge in [0.2, 0.25) is 10.0 Å². The van der Waals surface area contributed by atoms with E-state index in [1.165, 1.54) is 11.4 Å². The highest BCUT2D eigenvalue weighted by Gasteiger charge is 2.32. The number of hydrogen-bond acceptors (Lipinski definition) is 7. The van der Waals surface area contributed by atoms with Gasteiger partial charge >= 0.3 is 0 Å². The van der Waals surface area contributed by atoms with Gasteiger partial charge in [-0.05, 0) is 75.6 Å². The van der Waals surface area contributed by atoms with E-state index < -0.39 is 22.2 Å². The molecule has 0 saturated heterocycles. The summed E-state index contributed by atoms with van der Waals surface area (Å²) in [5.41, 5.74) is 1.16. The number of aliphatic hydroxyl groups is 1. The van der Waals surface area contributed by atoms with Crippen LogP contribution in [-0.4, -0.2) is 86.1 Å². The Morgan fingerprint density at radius 1 is 1.04 bits per heavy atom. The Bertz CT molecular complexity index is 1550. The third-order valence-corrected chi connectivity index (χ3v) is 10.1. The van der Waals surface area contributed by atoms with Crippen LogP contribution in [0.25, 0.3) is 0 Å². The van der Waals surface area contributed by atoms with Crippen LogP contribution >= 0.6 is 0 Å². The number of benzene rings is 3. The van der Waals surface area contributed by atoms with E-state index in [2.05, 4.69) is 5.32 Å². The van der Waals surface area contributed by atoms with Gasteiger partial charge in [-0.3, -0.25) is 9.59 Å². The SMILES string of the molecule is C[C@@H]1CCCCO[C@H](CN(C)S(=O)(=O)c2ccccc2)[C@@H](C)CN([C@H](C)CO)C(=O)c2cc(NC(=O)c3ccccc3)ccc2O1. The molecule has 0 unspecified atom stereocenters. The van der Waals surface area contributed by atoms with Crippen LogP contribution in [0.3, 0.4) is 0 Å². The molecule has 0 bridgehead atoms. The van der Waals surface area contributed by atoms with E-state index in [9.17, 15) is 23.1 Å². The summed E-state index contributed by atoms with van der Waals surface area (Å²) in [6, 6.07) is 21.5. The van der Waals surface area contributed by atoms with Gasteiger partial charge in [-0.25, -0.2) is 8.42 Å². The molecule has 3 aromatic carbocycles. The van der Waals surface area contributed by atoms with E-state index in [4.69, 9.17) is 9.47 Å². The molecule has 1 heterocycles. The second kappa shape index (κ2) is 16.2. The smallest absolute Gasteiger partial charge is 0.258 e. The molecule has 0 aromatic heterocycles. The molecule has 0 spiro atoms. The molecule has 248 valence electrons. The summed E-state index contributed by atoms with van der Waals surface area (Å²) >= 11 is 0. The Hall–Kier alpha value is -3.77. The molecular formula is C35H45N3O7S. The van der Waals surface area contributed by atoms with Gasteiger partial charge < -0.3 is 24.8 Å². The van der Waals surface area contributed by atoms with Gasteiger partial charge in [0.25, 0.3) is 11.8 Å². The average molecular weight is 652 g/mol. The van der Waals surface area contributed by atoms with Crippen molar-refractivity contribution >= 4 is 27.5 Å². The fourth-order valence-corrected chi connectivity index (χ4v) is 6.58. The number of carbonyl (C=O) groups is 2. The van der Waals surface area contributed by atoms with Crippen molar-refractivity contribution in [3.63, 3.8) is 0 Å². The first kappa shape index (κ1) is 35.1. The lowest BCUT2D eigenvalue weighted by Crippen LogP contribution is -2.48. The van der Waals surface area contributed by atoms with Crippen LogP contribution in [0.15, 0.2) is 83.8 Å². The molecule has 10 nitrogen and oxygen atoms in total. The monoisotopic (exact) mass is 651 g/mol. The molecule has 1 aliphatic heterocycles. The Kier molecular flexibility index (Phi) is 12.3. The molecule has 3 aromatic rings. The lowest BCUT2D eigenvalue weighted by Gasteiger charge is -2.35. The molecule has 0 saturated carbocycles. The van der Waals surface area contributed by atoms with Gasteiger partial charge in [0, 0.05) is 43.9 Å². The minimum atomic E-state index is -3.77. The molecule has 0 aliphatic carbocycles. The van der Waals surface area contributed by atoms with Crippen molar-refractivity contribution in [1.82, 2.24) is 9.21 Å². The lowest BCUT2D eigenvalue weighted by molar-refractivity contribution is -0.00834. The van der Waals surface area contributed by atoms with Crippen LogP contribution in [0.4, 0.5) is 5.69 Å². The van der Waals surface area contributed by atoms with Crippen LogP contribution < -0.4 is 10.1 Å². The van der Waals surface area contributed by atoms with Gasteiger partial charge in [0.05, 0.1) is 35.3 Å². The van der Waals surface area contributed by atoms with Crippen molar-refractivity contribution in [1.29, 1.82) is 0 Å². The van der Waals surface area contributed by atoms with Crippen molar-refractivity contribution in [2.24, 2.45) is 5.92 Å². The molecule has 0 radical (unpaired) electrons. The topological polar surface area (TPSA) is 125 Å². The molecule has 46 heavy (non-hydrogen) atoms. The number of nitrogens with one attached hydrogen (secondary N) is 1. The van der Waals surface area contributed by atoms with Crippen molar-refractivity contribution in [2.45, 2.75) is 63.2 Å². The Balaban J connectivity index is 1.65. The predicted octanol–water partition coefficient (Wildman–Crippen LogP) is 5.06. The summed E-state index contributed by atoms with van der Waals surface area (Å²) < 4.78 is 40.6. The molecule has 1 aliphatic rings. The normalized spacial score (nSPS) is 20.7. The second-order valence-electron chi connectivity index (χ2n) is 11.9. The second-order valence-corrected chi connectivity index (χ2v) is 14.0. The van der Waals surface area contributed by atoms with E-state index in [-0.39, 0.29) is 54.0 Å². The van der Waals surface area contributed by atoms with Gasteiger partial charge in [-0.1, -0.05) is 43.3 Å². The fraction of sp³-hybridized carbons (Fsp3) is 0.429. The predicted molar refractivity (Wildman–Crippen MR) is 178 cm³/mol. The maximum atomic E-state index is 14.3.